The SMILES string of the molecule is NCC1CCC(N2CN(c3ccc4ccc(-c5ccccn5)nc4c3)C(N)=C3C=NC=C32)CC1. The van der Waals surface area contributed by atoms with Crippen molar-refractivity contribution in [2.45, 2.75) is 31.7 Å². The summed E-state index contributed by atoms with van der Waals surface area (Å²) in [4.78, 5) is 18.5. The number of fused-ring (bicyclic) bond motifs is 2. The summed E-state index contributed by atoms with van der Waals surface area (Å²) >= 11 is 0. The molecule has 6 rings (SSSR count). The smallest absolute Gasteiger partial charge is 0.116 e. The van der Waals surface area contributed by atoms with Gasteiger partial charge >= 0.3 is 0 Å². The van der Waals surface area contributed by atoms with E-state index in [2.05, 4.69) is 44.0 Å². The number of hydrogen-bond acceptors (Lipinski definition) is 7. The Bertz CT molecular complexity index is 1300. The third kappa shape index (κ3) is 3.62. The van der Waals surface area contributed by atoms with Crippen LogP contribution in [0, 0.1) is 5.92 Å². The van der Waals surface area contributed by atoms with E-state index in [1.165, 1.54) is 12.8 Å². The molecule has 1 aliphatic carbocycles. The number of allylic oxidation sites excluding steroid dienone is 1. The molecule has 1 fully saturated rings. The highest BCUT2D eigenvalue weighted by Crippen LogP contribution is 2.37. The maximum Gasteiger partial charge on any atom is 0.116 e. The minimum absolute atomic E-state index is 0.468. The fraction of sp³-hybridized carbons (Fsp3) is 0.296. The van der Waals surface area contributed by atoms with E-state index in [1.807, 2.05) is 36.7 Å². The van der Waals surface area contributed by atoms with Crippen LogP contribution >= 0.6 is 0 Å². The molecule has 0 spiro atoms. The lowest BCUT2D eigenvalue weighted by Crippen LogP contribution is -2.50. The minimum atomic E-state index is 0.468. The first kappa shape index (κ1) is 20.9. The predicted molar refractivity (Wildman–Crippen MR) is 137 cm³/mol. The molecule has 172 valence electrons. The second-order valence-corrected chi connectivity index (χ2v) is 9.33. The van der Waals surface area contributed by atoms with E-state index in [-0.39, 0.29) is 0 Å². The molecule has 0 atom stereocenters. The van der Waals surface area contributed by atoms with E-state index in [0.717, 1.165) is 64.5 Å². The van der Waals surface area contributed by atoms with Crippen molar-refractivity contribution in [2.24, 2.45) is 22.4 Å². The molecular formula is C27H29N7. The number of hydrogen-bond donors (Lipinski definition) is 2. The third-order valence-electron chi connectivity index (χ3n) is 7.35. The van der Waals surface area contributed by atoms with Crippen molar-refractivity contribution in [3.63, 3.8) is 0 Å². The number of rotatable bonds is 4. The van der Waals surface area contributed by atoms with Crippen LogP contribution in [0.2, 0.25) is 0 Å². The first-order valence-electron chi connectivity index (χ1n) is 12.0. The van der Waals surface area contributed by atoms with E-state index in [1.54, 1.807) is 6.20 Å². The zero-order valence-electron chi connectivity index (χ0n) is 19.1. The number of anilines is 1. The van der Waals surface area contributed by atoms with Gasteiger partial charge in [0, 0.05) is 29.5 Å². The molecule has 1 saturated carbocycles. The number of benzene rings is 1. The van der Waals surface area contributed by atoms with E-state index in [0.29, 0.717) is 18.6 Å². The van der Waals surface area contributed by atoms with Gasteiger partial charge in [-0.1, -0.05) is 18.2 Å². The van der Waals surface area contributed by atoms with E-state index in [4.69, 9.17) is 16.5 Å². The Kier molecular flexibility index (Phi) is 5.26. The fourth-order valence-corrected chi connectivity index (χ4v) is 5.35. The summed E-state index contributed by atoms with van der Waals surface area (Å²) in [6, 6.07) is 16.8. The van der Waals surface area contributed by atoms with E-state index in [9.17, 15) is 0 Å². The average molecular weight is 452 g/mol. The molecule has 34 heavy (non-hydrogen) atoms. The van der Waals surface area contributed by atoms with Gasteiger partial charge in [-0.15, -0.1) is 0 Å². The van der Waals surface area contributed by atoms with E-state index >= 15 is 0 Å². The Morgan fingerprint density at radius 1 is 0.971 bits per heavy atom. The van der Waals surface area contributed by atoms with Gasteiger partial charge in [0.15, 0.2) is 0 Å². The first-order chi connectivity index (χ1) is 16.7. The minimum Gasteiger partial charge on any atom is -0.384 e. The molecule has 2 aromatic heterocycles. The quantitative estimate of drug-likeness (QED) is 0.623. The van der Waals surface area contributed by atoms with Crippen LogP contribution < -0.4 is 16.4 Å². The van der Waals surface area contributed by atoms with Crippen LogP contribution in [-0.4, -0.2) is 40.3 Å². The van der Waals surface area contributed by atoms with Crippen molar-refractivity contribution in [1.29, 1.82) is 0 Å². The largest absolute Gasteiger partial charge is 0.384 e. The van der Waals surface area contributed by atoms with Crippen LogP contribution in [0.25, 0.3) is 22.3 Å². The second kappa shape index (κ2) is 8.57. The Hall–Kier alpha value is -3.71. The highest BCUT2D eigenvalue weighted by Gasteiger charge is 2.35. The summed E-state index contributed by atoms with van der Waals surface area (Å²) in [6.07, 6.45) is 10.3. The molecule has 3 aromatic rings. The second-order valence-electron chi connectivity index (χ2n) is 9.33. The molecular weight excluding hydrogens is 422 g/mol. The lowest BCUT2D eigenvalue weighted by atomic mass is 9.85. The highest BCUT2D eigenvalue weighted by molar-refractivity contribution is 5.91. The molecule has 7 nitrogen and oxygen atoms in total. The third-order valence-corrected chi connectivity index (χ3v) is 7.35. The maximum atomic E-state index is 6.70. The van der Waals surface area contributed by atoms with E-state index < -0.39 is 0 Å². The standard InChI is InChI=1S/C27H29N7/c28-14-18-4-8-20(9-5-18)33-17-34(27(29)22-15-30-16-26(22)33)21-10-6-19-7-11-24(32-25(19)13-21)23-3-1-2-12-31-23/h1-3,6-7,10-13,15-16,18,20H,4-5,8-9,14,17,28-29H2. The van der Waals surface area contributed by atoms with Gasteiger partial charge in [-0.3, -0.25) is 9.98 Å². The van der Waals surface area contributed by atoms with Gasteiger partial charge in [0.1, 0.15) is 5.82 Å². The Morgan fingerprint density at radius 3 is 2.62 bits per heavy atom. The van der Waals surface area contributed by atoms with Crippen LogP contribution in [0.3, 0.4) is 0 Å². The van der Waals surface area contributed by atoms with Crippen molar-refractivity contribution < 1.29 is 0 Å². The van der Waals surface area contributed by atoms with Crippen LogP contribution in [0.5, 0.6) is 0 Å². The summed E-state index contributed by atoms with van der Waals surface area (Å²) in [7, 11) is 0. The van der Waals surface area contributed by atoms with Crippen LogP contribution in [0.4, 0.5) is 5.69 Å². The number of pyridine rings is 2. The first-order valence-corrected chi connectivity index (χ1v) is 12.0. The number of nitrogens with two attached hydrogens (primary N) is 2. The summed E-state index contributed by atoms with van der Waals surface area (Å²) in [5.41, 5.74) is 18.5. The van der Waals surface area contributed by atoms with Gasteiger partial charge in [-0.25, -0.2) is 4.98 Å². The van der Waals surface area contributed by atoms with Gasteiger partial charge < -0.3 is 21.3 Å². The average Bonchev–Trinajstić information content (AvgIpc) is 3.40. The molecule has 3 aliphatic rings. The van der Waals surface area contributed by atoms with Crippen LogP contribution in [0.1, 0.15) is 25.7 Å². The van der Waals surface area contributed by atoms with Crippen molar-refractivity contribution in [1.82, 2.24) is 14.9 Å². The molecule has 7 heteroatoms. The molecule has 0 saturated heterocycles. The lowest BCUT2D eigenvalue weighted by molar-refractivity contribution is 0.175. The molecule has 2 aliphatic heterocycles. The molecule has 0 amide bonds. The number of nitrogens with zero attached hydrogens (tertiary/aromatic N) is 5. The van der Waals surface area contributed by atoms with Gasteiger partial charge in [-0.2, -0.15) is 0 Å². The maximum absolute atomic E-state index is 6.70. The Balaban J connectivity index is 1.35. The van der Waals surface area contributed by atoms with Crippen LogP contribution in [0.15, 0.2) is 83.0 Å². The molecule has 1 aromatic carbocycles. The zero-order valence-corrected chi connectivity index (χ0v) is 19.1. The monoisotopic (exact) mass is 451 g/mol. The van der Waals surface area contributed by atoms with Gasteiger partial charge in [0.25, 0.3) is 0 Å². The molecule has 0 bridgehead atoms. The van der Waals surface area contributed by atoms with Crippen molar-refractivity contribution >= 4 is 22.8 Å². The van der Waals surface area contributed by atoms with Crippen LogP contribution in [-0.2, 0) is 0 Å². The Morgan fingerprint density at radius 2 is 1.82 bits per heavy atom. The molecule has 4 N–H and O–H groups in total. The highest BCUT2D eigenvalue weighted by atomic mass is 15.4. The summed E-state index contributed by atoms with van der Waals surface area (Å²) in [5.74, 6) is 1.38. The fourth-order valence-electron chi connectivity index (χ4n) is 5.35. The number of aromatic nitrogens is 2. The topological polar surface area (TPSA) is 96.7 Å². The van der Waals surface area contributed by atoms with Gasteiger partial charge in [0.05, 0.1) is 41.0 Å². The summed E-state index contributed by atoms with van der Waals surface area (Å²) in [5, 5.41) is 1.09. The van der Waals surface area contributed by atoms with Gasteiger partial charge in [-0.05, 0) is 68.5 Å². The summed E-state index contributed by atoms with van der Waals surface area (Å²) in [6.45, 7) is 1.49. The predicted octanol–water partition coefficient (Wildman–Crippen LogP) is 3.99. The molecule has 0 radical (unpaired) electrons. The number of aliphatic imine (C=N–C) groups is 1. The Labute approximate surface area is 199 Å². The zero-order chi connectivity index (χ0) is 23.1. The molecule has 4 heterocycles. The normalized spacial score (nSPS) is 22.3. The van der Waals surface area contributed by atoms with Crippen molar-refractivity contribution in [3.05, 3.63) is 78.0 Å². The van der Waals surface area contributed by atoms with Crippen molar-refractivity contribution in [3.8, 4) is 11.4 Å². The van der Waals surface area contributed by atoms with Gasteiger partial charge in [0.2, 0.25) is 0 Å². The molecule has 0 unspecified atom stereocenters. The van der Waals surface area contributed by atoms with Crippen molar-refractivity contribution in [2.75, 3.05) is 18.1 Å². The lowest BCUT2D eigenvalue weighted by Gasteiger charge is -2.45. The summed E-state index contributed by atoms with van der Waals surface area (Å²) < 4.78 is 0.